The summed E-state index contributed by atoms with van der Waals surface area (Å²) in [7, 11) is 0. The van der Waals surface area contributed by atoms with E-state index in [0.29, 0.717) is 17.3 Å². The number of hydrogen-bond donors (Lipinski definition) is 1. The summed E-state index contributed by atoms with van der Waals surface area (Å²) in [5.41, 5.74) is 1.37. The van der Waals surface area contributed by atoms with Crippen LogP contribution < -0.4 is 10.9 Å². The number of carbonyl (C=O) groups is 1. The first kappa shape index (κ1) is 21.7. The predicted molar refractivity (Wildman–Crippen MR) is 122 cm³/mol. The van der Waals surface area contributed by atoms with Crippen LogP contribution in [-0.4, -0.2) is 20.7 Å². The van der Waals surface area contributed by atoms with Crippen LogP contribution in [-0.2, 0) is 4.79 Å². The maximum absolute atomic E-state index is 14.6. The monoisotopic (exact) mass is 451 g/mol. The lowest BCUT2D eigenvalue weighted by molar-refractivity contribution is -0.115. The molecular formula is C24H19F2N3O2S. The quantitative estimate of drug-likeness (QED) is 0.339. The standard InChI is InChI=1S/C24H19F2N3O2S/c1-14-7-3-5-9-19(14)27-22(30)15(2)32-24-28-20-10-6-4-8-17(20)23(31)29(24)21-12-11-16(25)13-18(21)26/h3-13,15H,1-2H3,(H,27,30). The molecule has 0 saturated carbocycles. The first-order valence-electron chi connectivity index (χ1n) is 9.85. The van der Waals surface area contributed by atoms with Gasteiger partial charge in [-0.3, -0.25) is 14.2 Å². The number of carbonyl (C=O) groups excluding carboxylic acids is 1. The molecule has 1 aromatic heterocycles. The summed E-state index contributed by atoms with van der Waals surface area (Å²) in [5.74, 6) is -1.95. The topological polar surface area (TPSA) is 64.0 Å². The van der Waals surface area contributed by atoms with Crippen molar-refractivity contribution < 1.29 is 13.6 Å². The van der Waals surface area contributed by atoms with Crippen LogP contribution in [0.4, 0.5) is 14.5 Å². The highest BCUT2D eigenvalue weighted by Gasteiger charge is 2.22. The van der Waals surface area contributed by atoms with E-state index >= 15 is 0 Å². The van der Waals surface area contributed by atoms with Crippen LogP contribution >= 0.6 is 11.8 Å². The molecule has 0 aliphatic rings. The second-order valence-electron chi connectivity index (χ2n) is 7.21. The Morgan fingerprint density at radius 3 is 2.53 bits per heavy atom. The third kappa shape index (κ3) is 4.27. The zero-order valence-corrected chi connectivity index (χ0v) is 18.1. The zero-order valence-electron chi connectivity index (χ0n) is 17.3. The van der Waals surface area contributed by atoms with Crippen molar-refractivity contribution >= 4 is 34.3 Å². The summed E-state index contributed by atoms with van der Waals surface area (Å²) in [6.45, 7) is 3.55. The van der Waals surface area contributed by atoms with E-state index in [9.17, 15) is 18.4 Å². The van der Waals surface area contributed by atoms with Crippen LogP contribution in [0.5, 0.6) is 0 Å². The Hall–Kier alpha value is -3.52. The van der Waals surface area contributed by atoms with E-state index < -0.39 is 22.4 Å². The van der Waals surface area contributed by atoms with E-state index in [1.807, 2.05) is 25.1 Å². The van der Waals surface area contributed by atoms with Gasteiger partial charge in [0.25, 0.3) is 5.56 Å². The highest BCUT2D eigenvalue weighted by atomic mass is 32.2. The molecular weight excluding hydrogens is 432 g/mol. The van der Waals surface area contributed by atoms with Gasteiger partial charge in [-0.1, -0.05) is 42.1 Å². The first-order chi connectivity index (χ1) is 15.3. The third-order valence-electron chi connectivity index (χ3n) is 4.95. The lowest BCUT2D eigenvalue weighted by atomic mass is 10.2. The number of rotatable bonds is 5. The molecule has 5 nitrogen and oxygen atoms in total. The lowest BCUT2D eigenvalue weighted by Gasteiger charge is -2.17. The van der Waals surface area contributed by atoms with Crippen molar-refractivity contribution in [2.45, 2.75) is 24.3 Å². The molecule has 1 amide bonds. The second-order valence-corrected chi connectivity index (χ2v) is 8.52. The molecule has 0 aliphatic heterocycles. The Morgan fingerprint density at radius 1 is 1.06 bits per heavy atom. The number of benzene rings is 3. The molecule has 162 valence electrons. The number of halogens is 2. The Morgan fingerprint density at radius 2 is 1.78 bits per heavy atom. The van der Waals surface area contributed by atoms with Crippen molar-refractivity contribution in [3.63, 3.8) is 0 Å². The van der Waals surface area contributed by atoms with Gasteiger partial charge in [-0.05, 0) is 49.7 Å². The summed E-state index contributed by atoms with van der Waals surface area (Å²) in [4.78, 5) is 30.5. The molecule has 0 bridgehead atoms. The smallest absolute Gasteiger partial charge is 0.266 e. The van der Waals surface area contributed by atoms with Gasteiger partial charge in [-0.15, -0.1) is 0 Å². The largest absolute Gasteiger partial charge is 0.325 e. The van der Waals surface area contributed by atoms with Gasteiger partial charge < -0.3 is 5.32 Å². The summed E-state index contributed by atoms with van der Waals surface area (Å²) >= 11 is 1.02. The van der Waals surface area contributed by atoms with Gasteiger partial charge in [0, 0.05) is 11.8 Å². The normalized spacial score (nSPS) is 12.0. The molecule has 0 saturated heterocycles. The highest BCUT2D eigenvalue weighted by molar-refractivity contribution is 8.00. The molecule has 32 heavy (non-hydrogen) atoms. The van der Waals surface area contributed by atoms with E-state index in [4.69, 9.17) is 0 Å². The maximum Gasteiger partial charge on any atom is 0.266 e. The minimum Gasteiger partial charge on any atom is -0.325 e. The molecule has 4 aromatic rings. The molecule has 1 heterocycles. The average Bonchev–Trinajstić information content (AvgIpc) is 2.76. The first-order valence-corrected chi connectivity index (χ1v) is 10.7. The van der Waals surface area contributed by atoms with Crippen LogP contribution in [0.25, 0.3) is 16.6 Å². The lowest BCUT2D eigenvalue weighted by Crippen LogP contribution is -2.27. The van der Waals surface area contributed by atoms with Crippen LogP contribution in [0.3, 0.4) is 0 Å². The molecule has 1 unspecified atom stereocenters. The molecule has 0 radical (unpaired) electrons. The number of nitrogens with one attached hydrogen (secondary N) is 1. The molecule has 3 aromatic carbocycles. The van der Waals surface area contributed by atoms with Crippen molar-refractivity contribution in [2.75, 3.05) is 5.32 Å². The van der Waals surface area contributed by atoms with Crippen molar-refractivity contribution in [3.8, 4) is 5.69 Å². The Labute approximate surface area is 187 Å². The fourth-order valence-corrected chi connectivity index (χ4v) is 4.15. The zero-order chi connectivity index (χ0) is 22.8. The summed E-state index contributed by atoms with van der Waals surface area (Å²) in [5, 5.41) is 2.63. The molecule has 0 fully saturated rings. The van der Waals surface area contributed by atoms with E-state index in [0.717, 1.165) is 28.0 Å². The molecule has 4 rings (SSSR count). The van der Waals surface area contributed by atoms with Crippen LogP contribution in [0, 0.1) is 18.6 Å². The minimum atomic E-state index is -0.900. The molecule has 1 N–H and O–H groups in total. The molecule has 0 spiro atoms. The Kier molecular flexibility index (Phi) is 6.05. The molecule has 1 atom stereocenters. The van der Waals surface area contributed by atoms with Gasteiger partial charge in [0.05, 0.1) is 21.8 Å². The van der Waals surface area contributed by atoms with Crippen LogP contribution in [0.1, 0.15) is 12.5 Å². The summed E-state index contributed by atoms with van der Waals surface area (Å²) < 4.78 is 29.2. The van der Waals surface area contributed by atoms with Crippen LogP contribution in [0.15, 0.2) is 76.7 Å². The van der Waals surface area contributed by atoms with Crippen LogP contribution in [0.2, 0.25) is 0 Å². The van der Waals surface area contributed by atoms with E-state index in [2.05, 4.69) is 10.3 Å². The number of para-hydroxylation sites is 2. The maximum atomic E-state index is 14.6. The number of aryl methyl sites for hydroxylation is 1. The SMILES string of the molecule is Cc1ccccc1NC(=O)C(C)Sc1nc2ccccc2c(=O)n1-c1ccc(F)cc1F. The number of thioether (sulfide) groups is 1. The molecule has 0 aliphatic carbocycles. The molecule has 8 heteroatoms. The number of aromatic nitrogens is 2. The van der Waals surface area contributed by atoms with E-state index in [1.165, 1.54) is 6.07 Å². The summed E-state index contributed by atoms with van der Waals surface area (Å²) in [6.07, 6.45) is 0. The minimum absolute atomic E-state index is 0.131. The van der Waals surface area contributed by atoms with Gasteiger partial charge in [-0.2, -0.15) is 0 Å². The summed E-state index contributed by atoms with van der Waals surface area (Å²) in [6, 6.07) is 17.0. The predicted octanol–water partition coefficient (Wildman–Crippen LogP) is 5.09. The van der Waals surface area contributed by atoms with Crippen molar-refractivity contribution in [1.82, 2.24) is 9.55 Å². The average molecular weight is 451 g/mol. The van der Waals surface area contributed by atoms with Crippen molar-refractivity contribution in [3.05, 3.63) is 94.3 Å². The van der Waals surface area contributed by atoms with Crippen molar-refractivity contribution in [1.29, 1.82) is 0 Å². The number of hydrogen-bond acceptors (Lipinski definition) is 4. The number of nitrogens with zero attached hydrogens (tertiary/aromatic N) is 2. The van der Waals surface area contributed by atoms with Gasteiger partial charge in [0.15, 0.2) is 5.16 Å². The van der Waals surface area contributed by atoms with Gasteiger partial charge >= 0.3 is 0 Å². The highest BCUT2D eigenvalue weighted by Crippen LogP contribution is 2.27. The second kappa shape index (κ2) is 8.92. The van der Waals surface area contributed by atoms with E-state index in [-0.39, 0.29) is 22.1 Å². The Balaban J connectivity index is 1.76. The number of anilines is 1. The van der Waals surface area contributed by atoms with Gasteiger partial charge in [-0.25, -0.2) is 13.8 Å². The number of fused-ring (bicyclic) bond motifs is 1. The van der Waals surface area contributed by atoms with Gasteiger partial charge in [0.2, 0.25) is 5.91 Å². The fraction of sp³-hybridized carbons (Fsp3) is 0.125. The Bertz CT molecular complexity index is 1390. The van der Waals surface area contributed by atoms with Gasteiger partial charge in [0.1, 0.15) is 11.6 Å². The van der Waals surface area contributed by atoms with E-state index in [1.54, 1.807) is 37.3 Å². The third-order valence-corrected chi connectivity index (χ3v) is 6.00. The fourth-order valence-electron chi connectivity index (χ4n) is 3.23. The van der Waals surface area contributed by atoms with Crippen molar-refractivity contribution in [2.24, 2.45) is 0 Å². The number of amides is 1.